The molecule has 2 aromatic rings. The number of likely N-dealkylation sites (tertiary alicyclic amines) is 1. The van der Waals surface area contributed by atoms with E-state index in [9.17, 15) is 9.18 Å². The summed E-state index contributed by atoms with van der Waals surface area (Å²) in [5, 5.41) is 3.00. The fourth-order valence-electron chi connectivity index (χ4n) is 3.32. The number of nitrogens with zero attached hydrogens (tertiary/aromatic N) is 1. The van der Waals surface area contributed by atoms with Gasteiger partial charge >= 0.3 is 0 Å². The average Bonchev–Trinajstić information content (AvgIpc) is 2.69. The van der Waals surface area contributed by atoms with E-state index in [4.69, 9.17) is 4.74 Å². The predicted molar refractivity (Wildman–Crippen MR) is 105 cm³/mol. The lowest BCUT2D eigenvalue weighted by Gasteiger charge is -2.32. The first-order valence-corrected chi connectivity index (χ1v) is 9.25. The fourth-order valence-corrected chi connectivity index (χ4v) is 3.32. The van der Waals surface area contributed by atoms with Crippen molar-refractivity contribution in [1.82, 2.24) is 4.90 Å². The van der Waals surface area contributed by atoms with Gasteiger partial charge in [-0.1, -0.05) is 30.9 Å². The molecule has 1 atom stereocenters. The number of hydrogen-bond donors (Lipinski definition) is 1. The van der Waals surface area contributed by atoms with Crippen molar-refractivity contribution in [3.05, 3.63) is 72.6 Å². The Morgan fingerprint density at radius 1 is 1.30 bits per heavy atom. The second kappa shape index (κ2) is 9.33. The van der Waals surface area contributed by atoms with Crippen molar-refractivity contribution >= 4 is 11.6 Å². The SMILES string of the molecule is C=CCOc1cccc(NC(=O)[C@H]2CCCN(Cc3ccc(F)cc3)C2)c1. The third-order valence-electron chi connectivity index (χ3n) is 4.67. The van der Waals surface area contributed by atoms with E-state index in [1.54, 1.807) is 18.2 Å². The van der Waals surface area contributed by atoms with Crippen LogP contribution in [0.3, 0.4) is 0 Å². The first-order valence-electron chi connectivity index (χ1n) is 9.25. The molecule has 0 aliphatic carbocycles. The Bertz CT molecular complexity index is 776. The van der Waals surface area contributed by atoms with Crippen molar-refractivity contribution in [2.24, 2.45) is 5.92 Å². The van der Waals surface area contributed by atoms with E-state index >= 15 is 0 Å². The summed E-state index contributed by atoms with van der Waals surface area (Å²) < 4.78 is 18.6. The second-order valence-electron chi connectivity index (χ2n) is 6.82. The average molecular weight is 368 g/mol. The molecule has 1 aliphatic rings. The van der Waals surface area contributed by atoms with Crippen molar-refractivity contribution in [1.29, 1.82) is 0 Å². The lowest BCUT2D eigenvalue weighted by molar-refractivity contribution is -0.121. The van der Waals surface area contributed by atoms with E-state index < -0.39 is 0 Å². The molecule has 5 heteroatoms. The van der Waals surface area contributed by atoms with Crippen LogP contribution in [-0.4, -0.2) is 30.5 Å². The number of amides is 1. The van der Waals surface area contributed by atoms with E-state index in [1.165, 1.54) is 12.1 Å². The van der Waals surface area contributed by atoms with Gasteiger partial charge in [0.1, 0.15) is 18.2 Å². The highest BCUT2D eigenvalue weighted by atomic mass is 19.1. The lowest BCUT2D eigenvalue weighted by atomic mass is 9.96. The van der Waals surface area contributed by atoms with E-state index in [-0.39, 0.29) is 17.6 Å². The topological polar surface area (TPSA) is 41.6 Å². The summed E-state index contributed by atoms with van der Waals surface area (Å²) in [5.74, 6) is 0.444. The van der Waals surface area contributed by atoms with Gasteiger partial charge in [0.2, 0.25) is 5.91 Å². The highest BCUT2D eigenvalue weighted by Gasteiger charge is 2.26. The minimum absolute atomic E-state index is 0.0275. The molecule has 0 saturated carbocycles. The minimum Gasteiger partial charge on any atom is -0.489 e. The quantitative estimate of drug-likeness (QED) is 0.743. The summed E-state index contributed by atoms with van der Waals surface area (Å²) in [6.07, 6.45) is 3.53. The number of piperidine rings is 1. The highest BCUT2D eigenvalue weighted by Crippen LogP contribution is 2.22. The van der Waals surface area contributed by atoms with Crippen molar-refractivity contribution < 1.29 is 13.9 Å². The largest absolute Gasteiger partial charge is 0.489 e. The molecule has 1 saturated heterocycles. The first-order chi connectivity index (χ1) is 13.1. The van der Waals surface area contributed by atoms with Crippen LogP contribution in [0.15, 0.2) is 61.2 Å². The van der Waals surface area contributed by atoms with Crippen LogP contribution in [0, 0.1) is 11.7 Å². The molecular formula is C22H25FN2O2. The van der Waals surface area contributed by atoms with E-state index in [0.717, 1.165) is 37.2 Å². The van der Waals surface area contributed by atoms with Crippen LogP contribution in [0.1, 0.15) is 18.4 Å². The summed E-state index contributed by atoms with van der Waals surface area (Å²) in [7, 11) is 0. The van der Waals surface area contributed by atoms with Crippen LogP contribution < -0.4 is 10.1 Å². The molecule has 0 aromatic heterocycles. The zero-order chi connectivity index (χ0) is 19.1. The highest BCUT2D eigenvalue weighted by molar-refractivity contribution is 5.92. The van der Waals surface area contributed by atoms with Gasteiger partial charge in [0, 0.05) is 24.8 Å². The number of nitrogens with one attached hydrogen (secondary N) is 1. The lowest BCUT2D eigenvalue weighted by Crippen LogP contribution is -2.40. The summed E-state index contributed by atoms with van der Waals surface area (Å²) in [5.41, 5.74) is 1.79. The van der Waals surface area contributed by atoms with Gasteiger partial charge in [-0.3, -0.25) is 9.69 Å². The predicted octanol–water partition coefficient (Wildman–Crippen LogP) is 4.24. The van der Waals surface area contributed by atoms with Crippen LogP contribution in [0.25, 0.3) is 0 Å². The number of benzene rings is 2. The van der Waals surface area contributed by atoms with Gasteiger partial charge in [0.05, 0.1) is 5.92 Å². The van der Waals surface area contributed by atoms with Crippen molar-refractivity contribution in [2.45, 2.75) is 19.4 Å². The molecule has 27 heavy (non-hydrogen) atoms. The Hall–Kier alpha value is -2.66. The molecule has 3 rings (SSSR count). The van der Waals surface area contributed by atoms with Crippen molar-refractivity contribution in [3.8, 4) is 5.75 Å². The monoisotopic (exact) mass is 368 g/mol. The van der Waals surface area contributed by atoms with Gasteiger partial charge in [-0.2, -0.15) is 0 Å². The molecule has 0 bridgehead atoms. The molecule has 1 heterocycles. The molecule has 4 nitrogen and oxygen atoms in total. The van der Waals surface area contributed by atoms with Crippen LogP contribution in [0.4, 0.5) is 10.1 Å². The molecule has 1 amide bonds. The second-order valence-corrected chi connectivity index (χ2v) is 6.82. The summed E-state index contributed by atoms with van der Waals surface area (Å²) >= 11 is 0. The first kappa shape index (κ1) is 19.1. The number of carbonyl (C=O) groups is 1. The number of rotatable bonds is 7. The third kappa shape index (κ3) is 5.66. The van der Waals surface area contributed by atoms with Crippen molar-refractivity contribution in [3.63, 3.8) is 0 Å². The van der Waals surface area contributed by atoms with E-state index in [0.29, 0.717) is 18.9 Å². The molecule has 142 valence electrons. The van der Waals surface area contributed by atoms with Gasteiger partial charge in [-0.05, 0) is 49.2 Å². The number of hydrogen-bond acceptors (Lipinski definition) is 3. The zero-order valence-corrected chi connectivity index (χ0v) is 15.4. The van der Waals surface area contributed by atoms with Gasteiger partial charge in [-0.25, -0.2) is 4.39 Å². The van der Waals surface area contributed by atoms with Crippen LogP contribution in [-0.2, 0) is 11.3 Å². The van der Waals surface area contributed by atoms with Crippen LogP contribution in [0.5, 0.6) is 5.75 Å². The Morgan fingerprint density at radius 3 is 2.89 bits per heavy atom. The molecular weight excluding hydrogens is 343 g/mol. The maximum Gasteiger partial charge on any atom is 0.228 e. The fraction of sp³-hybridized carbons (Fsp3) is 0.318. The van der Waals surface area contributed by atoms with Gasteiger partial charge in [0.15, 0.2) is 0 Å². The molecule has 1 aliphatic heterocycles. The normalized spacial score (nSPS) is 17.3. The Labute approximate surface area is 159 Å². The van der Waals surface area contributed by atoms with E-state index in [2.05, 4.69) is 16.8 Å². The zero-order valence-electron chi connectivity index (χ0n) is 15.4. The summed E-state index contributed by atoms with van der Waals surface area (Å²) in [4.78, 5) is 14.9. The molecule has 0 spiro atoms. The van der Waals surface area contributed by atoms with Crippen LogP contribution >= 0.6 is 0 Å². The number of anilines is 1. The number of ether oxygens (including phenoxy) is 1. The third-order valence-corrected chi connectivity index (χ3v) is 4.67. The Kier molecular flexibility index (Phi) is 6.60. The maximum absolute atomic E-state index is 13.1. The smallest absolute Gasteiger partial charge is 0.228 e. The van der Waals surface area contributed by atoms with Crippen molar-refractivity contribution in [2.75, 3.05) is 25.0 Å². The van der Waals surface area contributed by atoms with Gasteiger partial charge in [0.25, 0.3) is 0 Å². The van der Waals surface area contributed by atoms with Gasteiger partial charge in [-0.15, -0.1) is 0 Å². The minimum atomic E-state index is -0.228. The molecule has 0 unspecified atom stereocenters. The standard InChI is InChI=1S/C22H25FN2O2/c1-2-13-27-21-7-3-6-20(14-21)24-22(26)18-5-4-12-25(16-18)15-17-8-10-19(23)11-9-17/h2-3,6-11,14,18H,1,4-5,12-13,15-16H2,(H,24,26)/t18-/m0/s1. The molecule has 1 fully saturated rings. The molecule has 1 N–H and O–H groups in total. The Morgan fingerprint density at radius 2 is 2.11 bits per heavy atom. The molecule has 2 aromatic carbocycles. The Balaban J connectivity index is 1.56. The maximum atomic E-state index is 13.1. The number of halogens is 1. The summed E-state index contributed by atoms with van der Waals surface area (Å²) in [6, 6.07) is 13.9. The summed E-state index contributed by atoms with van der Waals surface area (Å²) in [6.45, 7) is 6.45. The van der Waals surface area contributed by atoms with Gasteiger partial charge < -0.3 is 10.1 Å². The number of carbonyl (C=O) groups excluding carboxylic acids is 1. The van der Waals surface area contributed by atoms with E-state index in [1.807, 2.05) is 24.3 Å². The molecule has 0 radical (unpaired) electrons. The van der Waals surface area contributed by atoms with Crippen LogP contribution in [0.2, 0.25) is 0 Å².